The number of amides is 1. The molecule has 0 radical (unpaired) electrons. The highest BCUT2D eigenvalue weighted by Crippen LogP contribution is 2.42. The van der Waals surface area contributed by atoms with Gasteiger partial charge >= 0.3 is 5.97 Å². The van der Waals surface area contributed by atoms with Crippen molar-refractivity contribution in [1.82, 2.24) is 10.2 Å². The van der Waals surface area contributed by atoms with Crippen LogP contribution in [0.1, 0.15) is 100 Å². The number of methoxy groups -OCH3 is 2. The van der Waals surface area contributed by atoms with Crippen LogP contribution < -0.4 is 5.32 Å². The summed E-state index contributed by atoms with van der Waals surface area (Å²) in [6.45, 7) is 17.8. The summed E-state index contributed by atoms with van der Waals surface area (Å²) in [6.07, 6.45) is -7.98. The van der Waals surface area contributed by atoms with E-state index in [1.54, 1.807) is 48.7 Å². The third-order valence-corrected chi connectivity index (χ3v) is 13.7. The SMILES string of the molecule is CC[C@H]1OC(=O)[C@H](C)[C@@H](O[C@H]2C[C@@](C)(OC)[C@@H](O)[C@H](C)O2)[C@H](C)[C@@H](O[C@H]2O[C@H](C)C[C@H]3[C@H]2OC(=NCc2ccccc2)N3C)[C@](C)(OC)C[C@@H](C)C(=O)N[C@H](C)[C@@H](O)[C@]1(C)O. The Hall–Kier alpha value is -2.93. The molecule has 0 saturated carbocycles. The number of nitrogens with zero attached hydrogens (tertiary/aromatic N) is 2. The van der Waals surface area contributed by atoms with Gasteiger partial charge in [0.1, 0.15) is 23.9 Å². The van der Waals surface area contributed by atoms with E-state index in [1.165, 1.54) is 14.0 Å². The molecule has 16 heteroatoms. The summed E-state index contributed by atoms with van der Waals surface area (Å²) >= 11 is 0. The highest BCUT2D eigenvalue weighted by molar-refractivity contribution is 5.79. The van der Waals surface area contributed by atoms with Crippen LogP contribution >= 0.6 is 0 Å². The van der Waals surface area contributed by atoms with Gasteiger partial charge in [0.2, 0.25) is 5.91 Å². The van der Waals surface area contributed by atoms with Gasteiger partial charge in [-0.05, 0) is 73.3 Å². The summed E-state index contributed by atoms with van der Waals surface area (Å²) in [6, 6.07) is 9.29. The number of fused-ring (bicyclic) bond motifs is 1. The third-order valence-electron chi connectivity index (χ3n) is 13.7. The van der Waals surface area contributed by atoms with Crippen molar-refractivity contribution >= 4 is 17.9 Å². The fourth-order valence-electron chi connectivity index (χ4n) is 9.64. The Kier molecular flexibility index (Phi) is 16.0. The maximum Gasteiger partial charge on any atom is 0.311 e. The van der Waals surface area contributed by atoms with Crippen LogP contribution in [0.3, 0.4) is 0 Å². The van der Waals surface area contributed by atoms with Crippen molar-refractivity contribution < 1.29 is 62.8 Å². The van der Waals surface area contributed by atoms with E-state index in [-0.39, 0.29) is 37.3 Å². The molecular weight excluding hydrogens is 791 g/mol. The molecule has 0 spiro atoms. The van der Waals surface area contributed by atoms with Crippen molar-refractivity contribution in [1.29, 1.82) is 0 Å². The first kappa shape index (κ1) is 49.1. The average molecular weight is 864 g/mol. The summed E-state index contributed by atoms with van der Waals surface area (Å²) in [4.78, 5) is 35.2. The Morgan fingerprint density at radius 1 is 0.902 bits per heavy atom. The number of cyclic esters (lactones) is 1. The van der Waals surface area contributed by atoms with Crippen LogP contribution in [-0.2, 0) is 54.0 Å². The summed E-state index contributed by atoms with van der Waals surface area (Å²) in [7, 11) is 5.01. The molecule has 1 aromatic carbocycles. The van der Waals surface area contributed by atoms with Gasteiger partial charge < -0.3 is 63.4 Å². The zero-order chi connectivity index (χ0) is 45.2. The number of aliphatic imine (C=N–C) groups is 1. The van der Waals surface area contributed by atoms with E-state index in [9.17, 15) is 24.9 Å². The first-order valence-electron chi connectivity index (χ1n) is 21.9. The Morgan fingerprint density at radius 3 is 2.18 bits per heavy atom. The molecule has 18 atom stereocenters. The normalized spacial score (nSPS) is 45.0. The second kappa shape index (κ2) is 19.9. The molecule has 4 saturated heterocycles. The summed E-state index contributed by atoms with van der Waals surface area (Å²) < 4.78 is 51.7. The minimum atomic E-state index is -1.95. The van der Waals surface area contributed by atoms with Gasteiger partial charge in [0.25, 0.3) is 6.02 Å². The molecule has 16 nitrogen and oxygen atoms in total. The number of aliphatic hydroxyl groups excluding tert-OH is 2. The van der Waals surface area contributed by atoms with Gasteiger partial charge in [-0.2, -0.15) is 0 Å². The van der Waals surface area contributed by atoms with Gasteiger partial charge in [-0.1, -0.05) is 51.1 Å². The zero-order valence-electron chi connectivity index (χ0n) is 38.4. The molecule has 0 aromatic heterocycles. The van der Waals surface area contributed by atoms with Crippen LogP contribution in [0.15, 0.2) is 35.3 Å². The van der Waals surface area contributed by atoms with Crippen LogP contribution in [-0.4, -0.2) is 150 Å². The molecule has 4 N–H and O–H groups in total. The first-order valence-corrected chi connectivity index (χ1v) is 21.9. The molecule has 1 aromatic rings. The standard InChI is InChI=1S/C45H73N3O13/c1-14-32-45(10,53)36(49)28(6)47-39(51)24(2)21-44(9,55-13)38(26(4)34(27(5)40(52)58-32)59-33-22-43(8,54-12)37(50)29(7)57-33)61-41-35-31(20-25(3)56-41)48(11)42(60-35)46-23-30-18-16-15-17-19-30/h15-19,24-29,31-38,41,49-50,53H,14,20-23H2,1-13H3,(H,47,51)/t24-,25-,26+,27-,28-,29+,31+,32-,33+,34+,35-,36-,37+,38-,41-,43-,44-,45-/m1/s1. The number of ether oxygens (including phenoxy) is 8. The van der Waals surface area contributed by atoms with Gasteiger partial charge in [-0.3, -0.25) is 9.59 Å². The quantitative estimate of drug-likeness (QED) is 0.263. The number of hydrogen-bond donors (Lipinski definition) is 4. The van der Waals surface area contributed by atoms with E-state index in [0.29, 0.717) is 19.0 Å². The summed E-state index contributed by atoms with van der Waals surface area (Å²) in [5.41, 5.74) is -3.20. The van der Waals surface area contributed by atoms with Gasteiger partial charge in [-0.15, -0.1) is 0 Å². The number of esters is 1. The van der Waals surface area contributed by atoms with Gasteiger partial charge in [0, 0.05) is 39.5 Å². The lowest BCUT2D eigenvalue weighted by molar-refractivity contribution is -0.315. The lowest BCUT2D eigenvalue weighted by Crippen LogP contribution is -2.60. The number of carbonyl (C=O) groups excluding carboxylic acids is 2. The number of hydrogen-bond acceptors (Lipinski definition) is 14. The molecule has 4 aliphatic heterocycles. The van der Waals surface area contributed by atoms with Crippen LogP contribution in [0.4, 0.5) is 0 Å². The fraction of sp³-hybridized carbons (Fsp3) is 0.800. The molecule has 4 heterocycles. The number of likely N-dealkylation sites (N-methyl/N-ethyl adjacent to an activating group) is 1. The third kappa shape index (κ3) is 10.6. The maximum absolute atomic E-state index is 14.4. The largest absolute Gasteiger partial charge is 0.459 e. The Bertz CT molecular complexity index is 1650. The van der Waals surface area contributed by atoms with E-state index < -0.39 is 102 Å². The minimum Gasteiger partial charge on any atom is -0.459 e. The Morgan fingerprint density at radius 2 is 1.56 bits per heavy atom. The number of aliphatic hydroxyl groups is 3. The molecule has 4 fully saturated rings. The number of amidine groups is 1. The first-order chi connectivity index (χ1) is 28.6. The predicted octanol–water partition coefficient (Wildman–Crippen LogP) is 3.70. The Balaban J connectivity index is 1.59. The second-order valence-electron chi connectivity index (χ2n) is 18.6. The topological polar surface area (TPSA) is 196 Å². The highest BCUT2D eigenvalue weighted by atomic mass is 16.7. The molecule has 0 bridgehead atoms. The van der Waals surface area contributed by atoms with Crippen LogP contribution in [0, 0.1) is 17.8 Å². The summed E-state index contributed by atoms with van der Waals surface area (Å²) in [5, 5.41) is 37.1. The second-order valence-corrected chi connectivity index (χ2v) is 18.6. The van der Waals surface area contributed by atoms with Gasteiger partial charge in [-0.25, -0.2) is 4.99 Å². The van der Waals surface area contributed by atoms with E-state index in [4.69, 9.17) is 42.9 Å². The van der Waals surface area contributed by atoms with Gasteiger partial charge in [0.05, 0.1) is 60.2 Å². The van der Waals surface area contributed by atoms with Crippen molar-refractivity contribution in [3.63, 3.8) is 0 Å². The molecule has 4 aliphatic rings. The fourth-order valence-corrected chi connectivity index (χ4v) is 9.64. The minimum absolute atomic E-state index is 0.124. The van der Waals surface area contributed by atoms with Crippen LogP contribution in [0.5, 0.6) is 0 Å². The number of carbonyl (C=O) groups is 2. The molecule has 61 heavy (non-hydrogen) atoms. The van der Waals surface area contributed by atoms with E-state index >= 15 is 0 Å². The van der Waals surface area contributed by atoms with Crippen LogP contribution in [0.25, 0.3) is 0 Å². The van der Waals surface area contributed by atoms with Crippen molar-refractivity contribution in [2.75, 3.05) is 21.3 Å². The van der Waals surface area contributed by atoms with Crippen molar-refractivity contribution in [3.8, 4) is 0 Å². The van der Waals surface area contributed by atoms with Crippen LogP contribution in [0.2, 0.25) is 0 Å². The van der Waals surface area contributed by atoms with Crippen molar-refractivity contribution in [3.05, 3.63) is 35.9 Å². The van der Waals surface area contributed by atoms with E-state index in [1.807, 2.05) is 63.1 Å². The van der Waals surface area contributed by atoms with Crippen molar-refractivity contribution in [2.24, 2.45) is 22.7 Å². The predicted molar refractivity (Wildman–Crippen MR) is 225 cm³/mol. The Labute approximate surface area is 361 Å². The molecule has 1 amide bonds. The maximum atomic E-state index is 14.4. The molecule has 0 aliphatic carbocycles. The van der Waals surface area contributed by atoms with Crippen molar-refractivity contribution in [2.45, 2.75) is 192 Å². The molecule has 0 unspecified atom stereocenters. The van der Waals surface area contributed by atoms with E-state index in [2.05, 4.69) is 5.32 Å². The molecule has 5 rings (SSSR count). The zero-order valence-corrected chi connectivity index (χ0v) is 38.4. The number of benzene rings is 1. The lowest BCUT2D eigenvalue weighted by Gasteiger charge is -2.49. The average Bonchev–Trinajstić information content (AvgIpc) is 3.55. The highest BCUT2D eigenvalue weighted by Gasteiger charge is 2.55. The molecule has 346 valence electrons. The number of nitrogens with one attached hydrogen (secondary N) is 1. The monoisotopic (exact) mass is 864 g/mol. The summed E-state index contributed by atoms with van der Waals surface area (Å²) in [5.74, 6) is -3.52. The van der Waals surface area contributed by atoms with Gasteiger partial charge in [0.15, 0.2) is 18.7 Å². The molecular formula is C45H73N3O13. The lowest BCUT2D eigenvalue weighted by atomic mass is 9.77. The van der Waals surface area contributed by atoms with E-state index in [0.717, 1.165) is 5.56 Å². The number of rotatable bonds is 9. The smallest absolute Gasteiger partial charge is 0.311 e.